The van der Waals surface area contributed by atoms with E-state index in [4.69, 9.17) is 4.74 Å². The minimum absolute atomic E-state index is 0.147. The van der Waals surface area contributed by atoms with E-state index < -0.39 is 17.5 Å². The topological polar surface area (TPSA) is 63.6 Å². The molecular weight excluding hydrogens is 336 g/mol. The number of hydrogen-bond donors (Lipinski definition) is 1. The quantitative estimate of drug-likeness (QED) is 0.846. The van der Waals surface area contributed by atoms with Crippen LogP contribution in [0.3, 0.4) is 0 Å². The van der Waals surface area contributed by atoms with Crippen LogP contribution in [0.2, 0.25) is 0 Å². The standard InChI is InChI=1S/C16H17BrO4/c1-2-21-15(19)16(20,11-7-9-12(17)10-8-11)13-5-3-4-6-14(13)18/h4,6-10,13,20H,2-3,5H2,1H3/t13-,16-/m1/s1. The highest BCUT2D eigenvalue weighted by Crippen LogP contribution is 2.37. The number of ether oxygens (including phenoxy) is 1. The molecule has 0 unspecified atom stereocenters. The maximum absolute atomic E-state index is 12.3. The van der Waals surface area contributed by atoms with Gasteiger partial charge in [0.15, 0.2) is 11.4 Å². The molecule has 4 nitrogen and oxygen atoms in total. The summed E-state index contributed by atoms with van der Waals surface area (Å²) in [4.78, 5) is 24.5. The number of ketones is 1. The van der Waals surface area contributed by atoms with Crippen molar-refractivity contribution in [1.29, 1.82) is 0 Å². The Kier molecular flexibility index (Phi) is 4.96. The molecular formula is C16H17BrO4. The number of allylic oxidation sites excluding steroid dienone is 2. The van der Waals surface area contributed by atoms with Gasteiger partial charge in [0.2, 0.25) is 0 Å². The van der Waals surface area contributed by atoms with Gasteiger partial charge in [0.1, 0.15) is 0 Å². The lowest BCUT2D eigenvalue weighted by Crippen LogP contribution is -2.47. The number of rotatable bonds is 4. The van der Waals surface area contributed by atoms with Crippen molar-refractivity contribution in [2.75, 3.05) is 6.61 Å². The molecule has 0 fully saturated rings. The molecule has 1 N–H and O–H groups in total. The SMILES string of the molecule is CCOC(=O)[C@@](O)(c1ccc(Br)cc1)[C@@H]1CCC=CC1=O. The Morgan fingerprint density at radius 3 is 2.67 bits per heavy atom. The molecule has 0 saturated heterocycles. The molecule has 0 bridgehead atoms. The molecule has 2 rings (SSSR count). The molecule has 0 aliphatic heterocycles. The molecule has 5 heteroatoms. The van der Waals surface area contributed by atoms with E-state index in [1.54, 1.807) is 37.3 Å². The third-order valence-electron chi connectivity index (χ3n) is 3.62. The van der Waals surface area contributed by atoms with Crippen LogP contribution in [0, 0.1) is 5.92 Å². The molecule has 1 aromatic carbocycles. The number of hydrogen-bond acceptors (Lipinski definition) is 4. The van der Waals surface area contributed by atoms with E-state index in [2.05, 4.69) is 15.9 Å². The van der Waals surface area contributed by atoms with Crippen LogP contribution >= 0.6 is 15.9 Å². The van der Waals surface area contributed by atoms with E-state index in [0.717, 1.165) is 4.47 Å². The molecule has 1 aliphatic carbocycles. The number of carbonyl (C=O) groups is 2. The van der Waals surface area contributed by atoms with Crippen LogP contribution in [0.5, 0.6) is 0 Å². The van der Waals surface area contributed by atoms with Gasteiger partial charge in [0, 0.05) is 4.47 Å². The summed E-state index contributed by atoms with van der Waals surface area (Å²) >= 11 is 3.31. The fourth-order valence-corrected chi connectivity index (χ4v) is 2.81. The molecule has 0 amide bonds. The average molecular weight is 353 g/mol. The van der Waals surface area contributed by atoms with Crippen molar-refractivity contribution < 1.29 is 19.4 Å². The van der Waals surface area contributed by atoms with Gasteiger partial charge in [-0.3, -0.25) is 4.79 Å². The van der Waals surface area contributed by atoms with E-state index in [1.165, 1.54) is 6.08 Å². The predicted octanol–water partition coefficient (Wildman–Crippen LogP) is 2.74. The number of esters is 1. The van der Waals surface area contributed by atoms with E-state index in [9.17, 15) is 14.7 Å². The molecule has 0 radical (unpaired) electrons. The summed E-state index contributed by atoms with van der Waals surface area (Å²) < 4.78 is 5.84. The maximum Gasteiger partial charge on any atom is 0.343 e. The minimum Gasteiger partial charge on any atom is -0.464 e. The van der Waals surface area contributed by atoms with Crippen LogP contribution in [-0.2, 0) is 19.9 Å². The van der Waals surface area contributed by atoms with Crippen molar-refractivity contribution in [2.45, 2.75) is 25.4 Å². The Morgan fingerprint density at radius 2 is 2.10 bits per heavy atom. The van der Waals surface area contributed by atoms with Gasteiger partial charge in [-0.25, -0.2) is 4.79 Å². The highest BCUT2D eigenvalue weighted by Gasteiger charge is 2.49. The van der Waals surface area contributed by atoms with E-state index in [-0.39, 0.29) is 12.4 Å². The first-order valence-corrected chi connectivity index (χ1v) is 7.65. The number of carbonyl (C=O) groups excluding carboxylic acids is 2. The summed E-state index contributed by atoms with van der Waals surface area (Å²) in [6.07, 6.45) is 4.25. The zero-order valence-electron chi connectivity index (χ0n) is 11.7. The van der Waals surface area contributed by atoms with Gasteiger partial charge in [-0.15, -0.1) is 0 Å². The Morgan fingerprint density at radius 1 is 1.43 bits per heavy atom. The molecule has 0 heterocycles. The summed E-state index contributed by atoms with van der Waals surface area (Å²) in [5, 5.41) is 11.0. The first kappa shape index (κ1) is 15.9. The molecule has 0 saturated carbocycles. The third-order valence-corrected chi connectivity index (χ3v) is 4.15. The van der Waals surface area contributed by atoms with Crippen LogP contribution in [0.4, 0.5) is 0 Å². The molecule has 112 valence electrons. The molecule has 2 atom stereocenters. The first-order chi connectivity index (χ1) is 10.00. The Bertz CT molecular complexity index is 564. The Hall–Kier alpha value is -1.46. The summed E-state index contributed by atoms with van der Waals surface area (Å²) in [7, 11) is 0. The second-order valence-corrected chi connectivity index (χ2v) is 5.84. The normalized spacial score (nSPS) is 20.9. The van der Waals surface area contributed by atoms with Gasteiger partial charge in [-0.1, -0.05) is 34.1 Å². The van der Waals surface area contributed by atoms with Crippen LogP contribution < -0.4 is 0 Å². The summed E-state index contributed by atoms with van der Waals surface area (Å²) in [6.45, 7) is 1.82. The fourth-order valence-electron chi connectivity index (χ4n) is 2.54. The van der Waals surface area contributed by atoms with Crippen molar-refractivity contribution >= 4 is 27.7 Å². The highest BCUT2D eigenvalue weighted by molar-refractivity contribution is 9.10. The zero-order chi connectivity index (χ0) is 15.5. The van der Waals surface area contributed by atoms with Gasteiger partial charge in [0.05, 0.1) is 12.5 Å². The molecule has 0 spiro atoms. The molecule has 1 aliphatic rings. The average Bonchev–Trinajstić information content (AvgIpc) is 2.48. The Labute approximate surface area is 131 Å². The fraction of sp³-hybridized carbons (Fsp3) is 0.375. The summed E-state index contributed by atoms with van der Waals surface area (Å²) in [5.74, 6) is -1.84. The van der Waals surface area contributed by atoms with Gasteiger partial charge < -0.3 is 9.84 Å². The second kappa shape index (κ2) is 6.54. The number of benzene rings is 1. The van der Waals surface area contributed by atoms with Gasteiger partial charge >= 0.3 is 5.97 Å². The van der Waals surface area contributed by atoms with Gasteiger partial charge in [-0.2, -0.15) is 0 Å². The largest absolute Gasteiger partial charge is 0.464 e. The maximum atomic E-state index is 12.3. The summed E-state index contributed by atoms with van der Waals surface area (Å²) in [6, 6.07) is 6.71. The van der Waals surface area contributed by atoms with E-state index in [0.29, 0.717) is 18.4 Å². The van der Waals surface area contributed by atoms with Crippen molar-refractivity contribution in [3.05, 3.63) is 46.5 Å². The lowest BCUT2D eigenvalue weighted by Gasteiger charge is -2.34. The minimum atomic E-state index is -1.95. The molecule has 0 aromatic heterocycles. The Balaban J connectivity index is 2.48. The van der Waals surface area contributed by atoms with Crippen molar-refractivity contribution in [3.63, 3.8) is 0 Å². The lowest BCUT2D eigenvalue weighted by molar-refractivity contribution is -0.175. The van der Waals surface area contributed by atoms with E-state index in [1.807, 2.05) is 0 Å². The number of halogens is 1. The first-order valence-electron chi connectivity index (χ1n) is 6.86. The van der Waals surface area contributed by atoms with Crippen LogP contribution in [0.1, 0.15) is 25.3 Å². The van der Waals surface area contributed by atoms with Gasteiger partial charge in [0.25, 0.3) is 0 Å². The molecule has 1 aromatic rings. The number of aliphatic hydroxyl groups is 1. The highest BCUT2D eigenvalue weighted by atomic mass is 79.9. The summed E-state index contributed by atoms with van der Waals surface area (Å²) in [5.41, 5.74) is -1.57. The third kappa shape index (κ3) is 3.09. The monoisotopic (exact) mass is 352 g/mol. The lowest BCUT2D eigenvalue weighted by atomic mass is 9.74. The van der Waals surface area contributed by atoms with Crippen LogP contribution in [0.15, 0.2) is 40.9 Å². The van der Waals surface area contributed by atoms with Crippen molar-refractivity contribution in [1.82, 2.24) is 0 Å². The van der Waals surface area contributed by atoms with Crippen LogP contribution in [-0.4, -0.2) is 23.5 Å². The van der Waals surface area contributed by atoms with Crippen molar-refractivity contribution in [2.24, 2.45) is 5.92 Å². The zero-order valence-corrected chi connectivity index (χ0v) is 13.3. The van der Waals surface area contributed by atoms with E-state index >= 15 is 0 Å². The smallest absolute Gasteiger partial charge is 0.343 e. The second-order valence-electron chi connectivity index (χ2n) is 4.93. The van der Waals surface area contributed by atoms with Crippen LogP contribution in [0.25, 0.3) is 0 Å². The predicted molar refractivity (Wildman–Crippen MR) is 81.5 cm³/mol. The van der Waals surface area contributed by atoms with Crippen molar-refractivity contribution in [3.8, 4) is 0 Å². The molecule has 21 heavy (non-hydrogen) atoms. The van der Waals surface area contributed by atoms with Gasteiger partial charge in [-0.05, 0) is 43.5 Å².